The first kappa shape index (κ1) is 26.0. The molecule has 4 rings (SSSR count). The molecule has 1 N–H and O–H groups in total. The van der Waals surface area contributed by atoms with Crippen molar-refractivity contribution in [2.75, 3.05) is 27.4 Å². The van der Waals surface area contributed by atoms with Gasteiger partial charge in [-0.05, 0) is 62.2 Å². The summed E-state index contributed by atoms with van der Waals surface area (Å²) in [5.74, 6) is 0.783. The van der Waals surface area contributed by atoms with Crippen molar-refractivity contribution in [3.63, 3.8) is 0 Å². The van der Waals surface area contributed by atoms with E-state index in [2.05, 4.69) is 4.99 Å². The van der Waals surface area contributed by atoms with Crippen LogP contribution in [-0.2, 0) is 9.53 Å². The molecule has 0 radical (unpaired) electrons. The largest absolute Gasteiger partial charge is 0.504 e. The number of hydrogen-bond acceptors (Lipinski definition) is 9. The third kappa shape index (κ3) is 4.97. The maximum Gasteiger partial charge on any atom is 0.338 e. The van der Waals surface area contributed by atoms with Crippen molar-refractivity contribution in [3.8, 4) is 23.0 Å². The normalized spacial score (nSPS) is 15.2. The number of fused-ring (bicyclic) bond motifs is 1. The maximum atomic E-state index is 13.7. The lowest BCUT2D eigenvalue weighted by Crippen LogP contribution is -2.40. The van der Waals surface area contributed by atoms with E-state index in [0.29, 0.717) is 50.0 Å². The van der Waals surface area contributed by atoms with Crippen LogP contribution in [0.15, 0.2) is 57.5 Å². The van der Waals surface area contributed by atoms with E-state index in [1.807, 2.05) is 6.92 Å². The van der Waals surface area contributed by atoms with Crippen molar-refractivity contribution < 1.29 is 28.8 Å². The number of benzene rings is 2. The zero-order valence-corrected chi connectivity index (χ0v) is 22.0. The Kier molecular flexibility index (Phi) is 7.68. The van der Waals surface area contributed by atoms with Gasteiger partial charge in [0, 0.05) is 0 Å². The number of thiazole rings is 1. The molecule has 2 aromatic carbocycles. The van der Waals surface area contributed by atoms with Crippen LogP contribution in [0, 0.1) is 0 Å². The van der Waals surface area contributed by atoms with Crippen LogP contribution in [0.4, 0.5) is 0 Å². The van der Waals surface area contributed by atoms with Gasteiger partial charge in [0.05, 0.1) is 49.3 Å². The van der Waals surface area contributed by atoms with Gasteiger partial charge in [-0.25, -0.2) is 9.79 Å². The maximum absolute atomic E-state index is 13.7. The van der Waals surface area contributed by atoms with E-state index in [4.69, 9.17) is 18.9 Å². The molecule has 0 bridgehead atoms. The molecule has 0 amide bonds. The Morgan fingerprint density at radius 1 is 1.08 bits per heavy atom. The highest BCUT2D eigenvalue weighted by Gasteiger charge is 2.34. The number of hydrogen-bond donors (Lipinski definition) is 1. The number of carbonyl (C=O) groups excluding carboxylic acids is 1. The summed E-state index contributed by atoms with van der Waals surface area (Å²) in [5.41, 5.74) is 1.68. The molecule has 10 heteroatoms. The number of aromatic nitrogens is 1. The third-order valence-corrected chi connectivity index (χ3v) is 6.80. The molecule has 1 unspecified atom stereocenters. The molecule has 0 aliphatic carbocycles. The number of rotatable bonds is 8. The molecule has 3 aromatic rings. The van der Waals surface area contributed by atoms with Crippen LogP contribution >= 0.6 is 11.3 Å². The van der Waals surface area contributed by atoms with Crippen LogP contribution in [0.25, 0.3) is 6.08 Å². The van der Waals surface area contributed by atoms with Gasteiger partial charge in [-0.3, -0.25) is 9.36 Å². The van der Waals surface area contributed by atoms with Crippen LogP contribution in [0.2, 0.25) is 0 Å². The predicted octanol–water partition coefficient (Wildman–Crippen LogP) is 2.92. The molecule has 0 spiro atoms. The van der Waals surface area contributed by atoms with E-state index in [1.165, 1.54) is 29.1 Å². The molecule has 1 aromatic heterocycles. The molecule has 0 saturated carbocycles. The molecule has 9 nitrogen and oxygen atoms in total. The topological polar surface area (TPSA) is 109 Å². The summed E-state index contributed by atoms with van der Waals surface area (Å²) < 4.78 is 23.5. The first-order valence-electron chi connectivity index (χ1n) is 11.7. The third-order valence-electron chi connectivity index (χ3n) is 5.82. The molecule has 2 heterocycles. The van der Waals surface area contributed by atoms with Gasteiger partial charge in [-0.15, -0.1) is 0 Å². The SMILES string of the molecule is CCOC(=O)C1=C(C)N=c2sc(=Cc3ccc(OC)c(O)c3)c(=O)n2C1c1ccc(OC)c(OCC)c1. The molecular formula is C27H28N2O7S. The van der Waals surface area contributed by atoms with Crippen molar-refractivity contribution in [2.45, 2.75) is 26.8 Å². The zero-order valence-electron chi connectivity index (χ0n) is 21.2. The van der Waals surface area contributed by atoms with Crippen molar-refractivity contribution in [2.24, 2.45) is 4.99 Å². The van der Waals surface area contributed by atoms with Crippen molar-refractivity contribution in [1.82, 2.24) is 4.57 Å². The van der Waals surface area contributed by atoms with Crippen molar-refractivity contribution in [3.05, 3.63) is 78.5 Å². The fourth-order valence-electron chi connectivity index (χ4n) is 4.19. The summed E-state index contributed by atoms with van der Waals surface area (Å²) in [4.78, 5) is 31.9. The molecule has 194 valence electrons. The Morgan fingerprint density at radius 2 is 1.81 bits per heavy atom. The minimum atomic E-state index is -0.785. The Labute approximate surface area is 217 Å². The Balaban J connectivity index is 1.94. The molecule has 37 heavy (non-hydrogen) atoms. The summed E-state index contributed by atoms with van der Waals surface area (Å²) in [6.45, 7) is 5.91. The molecule has 1 atom stereocenters. The number of phenolic OH excluding ortho intramolecular Hbond substituents is 1. The lowest BCUT2D eigenvalue weighted by molar-refractivity contribution is -0.139. The molecular weight excluding hydrogens is 496 g/mol. The van der Waals surface area contributed by atoms with Gasteiger partial charge in [-0.2, -0.15) is 0 Å². The molecule has 0 fully saturated rings. The number of carbonyl (C=O) groups is 1. The monoisotopic (exact) mass is 524 g/mol. The fourth-order valence-corrected chi connectivity index (χ4v) is 5.23. The highest BCUT2D eigenvalue weighted by molar-refractivity contribution is 7.07. The average molecular weight is 525 g/mol. The lowest BCUT2D eigenvalue weighted by Gasteiger charge is -2.25. The Morgan fingerprint density at radius 3 is 2.46 bits per heavy atom. The highest BCUT2D eigenvalue weighted by Crippen LogP contribution is 2.36. The van der Waals surface area contributed by atoms with Crippen LogP contribution < -0.4 is 29.1 Å². The average Bonchev–Trinajstić information content (AvgIpc) is 3.17. The fraction of sp³-hybridized carbons (Fsp3) is 0.296. The van der Waals surface area contributed by atoms with E-state index in [0.717, 1.165) is 0 Å². The van der Waals surface area contributed by atoms with E-state index in [-0.39, 0.29) is 23.5 Å². The molecule has 1 aliphatic heterocycles. The molecule has 1 aliphatic rings. The zero-order chi connectivity index (χ0) is 26.7. The van der Waals surface area contributed by atoms with E-state index >= 15 is 0 Å². The van der Waals surface area contributed by atoms with E-state index in [9.17, 15) is 14.7 Å². The second-order valence-electron chi connectivity index (χ2n) is 8.08. The number of nitrogens with zero attached hydrogens (tertiary/aromatic N) is 2. The summed E-state index contributed by atoms with van der Waals surface area (Å²) >= 11 is 1.20. The van der Waals surface area contributed by atoms with Crippen molar-refractivity contribution >= 4 is 23.4 Å². The summed E-state index contributed by atoms with van der Waals surface area (Å²) in [5, 5.41) is 10.2. The lowest BCUT2D eigenvalue weighted by atomic mass is 9.95. The van der Waals surface area contributed by atoms with Crippen LogP contribution in [0.1, 0.15) is 37.9 Å². The Bertz CT molecular complexity index is 1550. The van der Waals surface area contributed by atoms with Gasteiger partial charge >= 0.3 is 5.97 Å². The minimum absolute atomic E-state index is 0.0379. The number of esters is 1. The van der Waals surface area contributed by atoms with Gasteiger partial charge in [0.2, 0.25) is 0 Å². The number of ether oxygens (including phenoxy) is 4. The summed E-state index contributed by atoms with van der Waals surface area (Å²) in [6, 6.07) is 9.40. The van der Waals surface area contributed by atoms with Gasteiger partial charge < -0.3 is 24.1 Å². The number of allylic oxidation sites excluding steroid dienone is 1. The highest BCUT2D eigenvalue weighted by atomic mass is 32.1. The van der Waals surface area contributed by atoms with E-state index in [1.54, 1.807) is 57.4 Å². The second kappa shape index (κ2) is 10.9. The molecule has 0 saturated heterocycles. The number of aromatic hydroxyl groups is 1. The van der Waals surface area contributed by atoms with Gasteiger partial charge in [0.1, 0.15) is 0 Å². The smallest absolute Gasteiger partial charge is 0.338 e. The first-order valence-corrected chi connectivity index (χ1v) is 12.5. The quantitative estimate of drug-likeness (QED) is 0.452. The van der Waals surface area contributed by atoms with E-state index < -0.39 is 12.0 Å². The van der Waals surface area contributed by atoms with Crippen LogP contribution in [0.3, 0.4) is 0 Å². The van der Waals surface area contributed by atoms with Gasteiger partial charge in [0.15, 0.2) is 27.8 Å². The second-order valence-corrected chi connectivity index (χ2v) is 9.09. The Hall–Kier alpha value is -4.05. The minimum Gasteiger partial charge on any atom is -0.504 e. The van der Waals surface area contributed by atoms with Gasteiger partial charge in [-0.1, -0.05) is 23.5 Å². The van der Waals surface area contributed by atoms with Crippen LogP contribution in [0.5, 0.6) is 23.0 Å². The number of phenols is 1. The predicted molar refractivity (Wildman–Crippen MR) is 139 cm³/mol. The van der Waals surface area contributed by atoms with Gasteiger partial charge in [0.25, 0.3) is 5.56 Å². The number of methoxy groups -OCH3 is 2. The summed E-state index contributed by atoms with van der Waals surface area (Å²) in [6.07, 6.45) is 1.67. The van der Waals surface area contributed by atoms with Crippen molar-refractivity contribution in [1.29, 1.82) is 0 Å². The first-order chi connectivity index (χ1) is 17.8. The summed E-state index contributed by atoms with van der Waals surface area (Å²) in [7, 11) is 3.01. The van der Waals surface area contributed by atoms with Crippen LogP contribution in [-0.4, -0.2) is 43.1 Å². The standard InChI is InChI=1S/C27H28N2O7S/c1-6-35-21-14-17(9-11-20(21)34-5)24-23(26(32)36-7-2)15(3)28-27-29(24)25(31)22(37-27)13-16-8-10-19(33-4)18(30)12-16/h8-14,24,30H,6-7H2,1-5H3.